The number of piperidine rings is 1. The fourth-order valence-electron chi connectivity index (χ4n) is 2.92. The summed E-state index contributed by atoms with van der Waals surface area (Å²) in [6.07, 6.45) is -7.68. The molecule has 1 aliphatic heterocycles. The Hall–Kier alpha value is -2.01. The minimum atomic E-state index is -4.79. The number of nitrogens with one attached hydrogen (secondary N) is 2. The van der Waals surface area contributed by atoms with Crippen molar-refractivity contribution in [1.29, 1.82) is 0 Å². The zero-order valence-corrected chi connectivity index (χ0v) is 14.9. The summed E-state index contributed by atoms with van der Waals surface area (Å²) in [6, 6.07) is 4.62. The molecule has 1 aliphatic rings. The minimum Gasteiger partial charge on any atom is -0.406 e. The maximum absolute atomic E-state index is 12.1. The first kappa shape index (κ1) is 22.3. The fraction of sp³-hybridized carbons (Fsp3) is 0.588. The van der Waals surface area contributed by atoms with Gasteiger partial charge in [0.1, 0.15) is 5.75 Å². The monoisotopic (exact) mass is 413 g/mol. The second-order valence-electron chi connectivity index (χ2n) is 6.49. The van der Waals surface area contributed by atoms with E-state index < -0.39 is 24.3 Å². The Morgan fingerprint density at radius 1 is 1.07 bits per heavy atom. The largest absolute Gasteiger partial charge is 0.573 e. The van der Waals surface area contributed by atoms with Crippen LogP contribution in [0.3, 0.4) is 0 Å². The summed E-state index contributed by atoms with van der Waals surface area (Å²) in [5, 5.41) is 4.22. The van der Waals surface area contributed by atoms with Crippen LogP contribution in [0.2, 0.25) is 0 Å². The van der Waals surface area contributed by atoms with Gasteiger partial charge < -0.3 is 15.0 Å². The predicted molar refractivity (Wildman–Crippen MR) is 88.7 cm³/mol. The molecule has 0 aliphatic carbocycles. The molecule has 158 valence electrons. The van der Waals surface area contributed by atoms with Gasteiger partial charge >= 0.3 is 12.7 Å². The zero-order chi connectivity index (χ0) is 20.8. The Kier molecular flexibility index (Phi) is 7.53. The third-order valence-corrected chi connectivity index (χ3v) is 4.36. The molecule has 0 radical (unpaired) electrons. The molecule has 5 nitrogen and oxygen atoms in total. The maximum atomic E-state index is 12.1. The molecule has 11 heteroatoms. The molecular weight excluding hydrogens is 392 g/mol. The minimum absolute atomic E-state index is 0.168. The molecule has 0 saturated carbocycles. The van der Waals surface area contributed by atoms with Crippen LogP contribution < -0.4 is 15.4 Å². The van der Waals surface area contributed by atoms with Gasteiger partial charge in [-0.1, -0.05) is 0 Å². The number of hydrogen-bond donors (Lipinski definition) is 2. The molecule has 1 saturated heterocycles. The summed E-state index contributed by atoms with van der Waals surface area (Å²) in [6.45, 7) is 1.81. The summed E-state index contributed by atoms with van der Waals surface area (Å²) >= 11 is 0. The van der Waals surface area contributed by atoms with E-state index in [0.717, 1.165) is 25.0 Å². The van der Waals surface area contributed by atoms with Crippen LogP contribution >= 0.6 is 0 Å². The van der Waals surface area contributed by atoms with Crippen LogP contribution in [0, 0.1) is 5.92 Å². The van der Waals surface area contributed by atoms with Crippen molar-refractivity contribution in [3.05, 3.63) is 29.8 Å². The van der Waals surface area contributed by atoms with Crippen molar-refractivity contribution in [3.63, 3.8) is 0 Å². The molecule has 28 heavy (non-hydrogen) atoms. The molecule has 2 rings (SSSR count). The van der Waals surface area contributed by atoms with Crippen LogP contribution in [0.25, 0.3) is 0 Å². The number of alkyl halides is 6. The highest BCUT2D eigenvalue weighted by molar-refractivity contribution is 5.94. The SMILES string of the molecule is O=C(NCC1CCN(CCNC(F)(F)F)CC1)c1ccc(OC(F)(F)F)cc1. The van der Waals surface area contributed by atoms with Crippen molar-refractivity contribution >= 4 is 5.91 Å². The first-order valence-electron chi connectivity index (χ1n) is 8.70. The van der Waals surface area contributed by atoms with E-state index in [0.29, 0.717) is 26.2 Å². The number of carbonyl (C=O) groups is 1. The Balaban J connectivity index is 1.68. The van der Waals surface area contributed by atoms with E-state index in [-0.39, 0.29) is 18.0 Å². The van der Waals surface area contributed by atoms with E-state index >= 15 is 0 Å². The highest BCUT2D eigenvalue weighted by Crippen LogP contribution is 2.23. The van der Waals surface area contributed by atoms with Gasteiger partial charge in [0.2, 0.25) is 0 Å². The number of hydrogen-bond acceptors (Lipinski definition) is 4. The molecule has 0 bridgehead atoms. The van der Waals surface area contributed by atoms with Gasteiger partial charge in [-0.05, 0) is 56.1 Å². The Morgan fingerprint density at radius 2 is 1.68 bits per heavy atom. The first-order chi connectivity index (χ1) is 13.0. The summed E-state index contributed by atoms with van der Waals surface area (Å²) in [4.78, 5) is 14.0. The number of halogens is 6. The van der Waals surface area contributed by atoms with Gasteiger partial charge in [-0.15, -0.1) is 13.2 Å². The number of carbonyl (C=O) groups excluding carboxylic acids is 1. The van der Waals surface area contributed by atoms with Crippen molar-refractivity contribution in [2.75, 3.05) is 32.7 Å². The maximum Gasteiger partial charge on any atom is 0.573 e. The predicted octanol–water partition coefficient (Wildman–Crippen LogP) is 3.14. The summed E-state index contributed by atoms with van der Waals surface area (Å²) in [5.74, 6) is -0.615. The van der Waals surface area contributed by atoms with Gasteiger partial charge in [0.15, 0.2) is 0 Å². The zero-order valence-electron chi connectivity index (χ0n) is 14.9. The van der Waals surface area contributed by atoms with Crippen molar-refractivity contribution < 1.29 is 35.9 Å². The number of nitrogens with zero attached hydrogens (tertiary/aromatic N) is 1. The van der Waals surface area contributed by atoms with Gasteiger partial charge in [0.25, 0.3) is 5.91 Å². The number of ether oxygens (including phenoxy) is 1. The van der Waals surface area contributed by atoms with Gasteiger partial charge in [0, 0.05) is 25.2 Å². The molecule has 1 fully saturated rings. The highest BCUT2D eigenvalue weighted by Gasteiger charge is 2.31. The standard InChI is InChI=1S/C17H21F6N3O2/c18-16(19,20)25-7-10-26-8-5-12(6-9-26)11-24-15(27)13-1-3-14(4-2-13)28-17(21,22)23/h1-4,12,25H,5-11H2,(H,24,27). The first-order valence-corrected chi connectivity index (χ1v) is 8.70. The van der Waals surface area contributed by atoms with Gasteiger partial charge in [-0.2, -0.15) is 13.2 Å². The summed E-state index contributed by atoms with van der Waals surface area (Å²) < 4.78 is 76.3. The van der Waals surface area contributed by atoms with Crippen LogP contribution in [0.5, 0.6) is 5.75 Å². The molecule has 1 heterocycles. The number of rotatable bonds is 7. The third-order valence-electron chi connectivity index (χ3n) is 4.36. The molecule has 0 atom stereocenters. The molecule has 0 spiro atoms. The van der Waals surface area contributed by atoms with Crippen LogP contribution in [0.15, 0.2) is 24.3 Å². The lowest BCUT2D eigenvalue weighted by atomic mass is 9.96. The van der Waals surface area contributed by atoms with Crippen LogP contribution in [-0.2, 0) is 0 Å². The quantitative estimate of drug-likeness (QED) is 0.533. The summed E-state index contributed by atoms with van der Waals surface area (Å²) in [7, 11) is 0. The lowest BCUT2D eigenvalue weighted by molar-refractivity contribution is -0.274. The third kappa shape index (κ3) is 8.34. The van der Waals surface area contributed by atoms with E-state index in [4.69, 9.17) is 0 Å². The van der Waals surface area contributed by atoms with Gasteiger partial charge in [-0.25, -0.2) is 5.32 Å². The Bertz CT molecular complexity index is 625. The lowest BCUT2D eigenvalue weighted by Crippen LogP contribution is -2.43. The molecular formula is C17H21F6N3O2. The molecule has 1 amide bonds. The van der Waals surface area contributed by atoms with Crippen molar-refractivity contribution in [2.45, 2.75) is 25.5 Å². The average Bonchev–Trinajstić information content (AvgIpc) is 2.59. The molecule has 1 aromatic carbocycles. The van der Waals surface area contributed by atoms with Crippen molar-refractivity contribution in [1.82, 2.24) is 15.5 Å². The van der Waals surface area contributed by atoms with Crippen LogP contribution in [0.4, 0.5) is 26.3 Å². The Labute approximate surface area is 158 Å². The second kappa shape index (κ2) is 9.46. The van der Waals surface area contributed by atoms with Gasteiger partial charge in [-0.3, -0.25) is 4.79 Å². The van der Waals surface area contributed by atoms with Crippen molar-refractivity contribution in [2.24, 2.45) is 5.92 Å². The van der Waals surface area contributed by atoms with E-state index in [1.807, 2.05) is 4.90 Å². The second-order valence-corrected chi connectivity index (χ2v) is 6.49. The fourth-order valence-corrected chi connectivity index (χ4v) is 2.92. The van der Waals surface area contributed by atoms with Crippen LogP contribution in [-0.4, -0.2) is 56.2 Å². The topological polar surface area (TPSA) is 53.6 Å². The van der Waals surface area contributed by atoms with Gasteiger partial charge in [0.05, 0.1) is 0 Å². The lowest BCUT2D eigenvalue weighted by Gasteiger charge is -2.32. The normalized spacial score (nSPS) is 16.8. The highest BCUT2D eigenvalue weighted by atomic mass is 19.4. The van der Waals surface area contributed by atoms with E-state index in [1.54, 1.807) is 0 Å². The molecule has 1 aromatic rings. The smallest absolute Gasteiger partial charge is 0.406 e. The van der Waals surface area contributed by atoms with Crippen LogP contribution in [0.1, 0.15) is 23.2 Å². The van der Waals surface area contributed by atoms with E-state index in [1.165, 1.54) is 17.4 Å². The summed E-state index contributed by atoms with van der Waals surface area (Å²) in [5.41, 5.74) is 0.213. The number of benzene rings is 1. The van der Waals surface area contributed by atoms with E-state index in [2.05, 4.69) is 10.1 Å². The van der Waals surface area contributed by atoms with Crippen molar-refractivity contribution in [3.8, 4) is 5.75 Å². The number of likely N-dealkylation sites (tertiary alicyclic amines) is 1. The molecule has 2 N–H and O–H groups in total. The average molecular weight is 413 g/mol. The Morgan fingerprint density at radius 3 is 2.21 bits per heavy atom. The number of amides is 1. The molecule has 0 unspecified atom stereocenters. The molecule has 0 aromatic heterocycles. The van der Waals surface area contributed by atoms with E-state index in [9.17, 15) is 31.1 Å².